The van der Waals surface area contributed by atoms with E-state index in [1.807, 2.05) is 0 Å². The van der Waals surface area contributed by atoms with Crippen LogP contribution >= 0.6 is 0 Å². The van der Waals surface area contributed by atoms with Gasteiger partial charge in [0.25, 0.3) is 0 Å². The van der Waals surface area contributed by atoms with Crippen molar-refractivity contribution in [2.75, 3.05) is 13.2 Å². The molecule has 0 spiro atoms. The molecule has 5 heteroatoms. The highest BCUT2D eigenvalue weighted by molar-refractivity contribution is 4.96. The second-order valence-corrected chi connectivity index (χ2v) is 5.16. The average Bonchev–Trinajstić information content (AvgIpc) is 2.36. The van der Waals surface area contributed by atoms with Crippen LogP contribution in [0, 0.1) is 0 Å². The zero-order chi connectivity index (χ0) is 15.3. The van der Waals surface area contributed by atoms with Crippen LogP contribution in [-0.2, 0) is 4.74 Å². The number of aliphatic hydroxyl groups is 3. The molecule has 0 heterocycles. The minimum Gasteiger partial charge on any atom is -0.512 e. The number of rotatable bonds is 13. The summed E-state index contributed by atoms with van der Waals surface area (Å²) in [4.78, 5) is 0. The van der Waals surface area contributed by atoms with E-state index >= 15 is 0 Å². The summed E-state index contributed by atoms with van der Waals surface area (Å²) >= 11 is 0. The van der Waals surface area contributed by atoms with Gasteiger partial charge in [-0.15, -0.1) is 0 Å². The second-order valence-electron chi connectivity index (χ2n) is 5.16. The minimum atomic E-state index is -2.40. The summed E-state index contributed by atoms with van der Waals surface area (Å²) in [5.41, 5.74) is 5.24. The minimum absolute atomic E-state index is 0.173. The molecular formula is C15H31NO4. The maximum Gasteiger partial charge on any atom is 0.303 e. The first-order chi connectivity index (χ1) is 9.52. The number of unbranched alkanes of at least 4 members (excludes halogenated alkanes) is 7. The van der Waals surface area contributed by atoms with E-state index in [2.05, 4.69) is 6.92 Å². The van der Waals surface area contributed by atoms with E-state index in [1.54, 1.807) is 0 Å². The average molecular weight is 289 g/mol. The van der Waals surface area contributed by atoms with Crippen LogP contribution in [-0.4, -0.2) is 34.4 Å². The van der Waals surface area contributed by atoms with Crippen molar-refractivity contribution in [1.82, 2.24) is 0 Å². The van der Waals surface area contributed by atoms with Crippen LogP contribution in [0.15, 0.2) is 11.8 Å². The quantitative estimate of drug-likeness (QED) is 0.237. The predicted octanol–water partition coefficient (Wildman–Crippen LogP) is 2.57. The van der Waals surface area contributed by atoms with Gasteiger partial charge in [0.2, 0.25) is 0 Å². The van der Waals surface area contributed by atoms with E-state index in [1.165, 1.54) is 32.1 Å². The monoisotopic (exact) mass is 289 g/mol. The molecule has 0 saturated carbocycles. The van der Waals surface area contributed by atoms with E-state index in [4.69, 9.17) is 10.5 Å². The third-order valence-electron chi connectivity index (χ3n) is 3.07. The van der Waals surface area contributed by atoms with Crippen molar-refractivity contribution in [2.24, 2.45) is 5.73 Å². The van der Waals surface area contributed by atoms with Gasteiger partial charge in [0.15, 0.2) is 0 Å². The van der Waals surface area contributed by atoms with Crippen molar-refractivity contribution in [2.45, 2.75) is 70.7 Å². The van der Waals surface area contributed by atoms with Gasteiger partial charge in [-0.3, -0.25) is 0 Å². The molecule has 0 aromatic rings. The van der Waals surface area contributed by atoms with Gasteiger partial charge in [0, 0.05) is 12.5 Å². The third kappa shape index (κ3) is 12.4. The molecule has 120 valence electrons. The summed E-state index contributed by atoms with van der Waals surface area (Å²) in [7, 11) is 0. The topological polar surface area (TPSA) is 95.9 Å². The maximum atomic E-state index is 9.47. The van der Waals surface area contributed by atoms with Gasteiger partial charge in [-0.25, -0.2) is 0 Å². The van der Waals surface area contributed by atoms with Crippen molar-refractivity contribution >= 4 is 0 Å². The Bertz CT molecular complexity index is 254. The van der Waals surface area contributed by atoms with Crippen LogP contribution in [0.4, 0.5) is 0 Å². The number of ether oxygens (including phenoxy) is 1. The number of aliphatic hydroxyl groups excluding tert-OH is 1. The molecule has 0 amide bonds. The molecule has 0 aliphatic rings. The summed E-state index contributed by atoms with van der Waals surface area (Å²) in [5, 5.41) is 28.2. The Hall–Kier alpha value is -0.620. The van der Waals surface area contributed by atoms with Gasteiger partial charge >= 0.3 is 5.97 Å². The first-order valence-corrected chi connectivity index (χ1v) is 7.71. The Labute approximate surface area is 122 Å². The molecular weight excluding hydrogens is 258 g/mol. The fourth-order valence-corrected chi connectivity index (χ4v) is 1.94. The Balaban J connectivity index is 3.55. The zero-order valence-corrected chi connectivity index (χ0v) is 12.7. The predicted molar refractivity (Wildman–Crippen MR) is 80.1 cm³/mol. The van der Waals surface area contributed by atoms with E-state index in [-0.39, 0.29) is 25.3 Å². The summed E-state index contributed by atoms with van der Waals surface area (Å²) in [6, 6.07) is 0. The molecule has 0 unspecified atom stereocenters. The zero-order valence-electron chi connectivity index (χ0n) is 12.7. The fourth-order valence-electron chi connectivity index (χ4n) is 1.94. The van der Waals surface area contributed by atoms with Crippen LogP contribution in [0.2, 0.25) is 0 Å². The molecule has 5 N–H and O–H groups in total. The normalized spacial score (nSPS) is 12.9. The molecule has 0 saturated heterocycles. The highest BCUT2D eigenvalue weighted by Crippen LogP contribution is 2.12. The molecule has 20 heavy (non-hydrogen) atoms. The van der Waals surface area contributed by atoms with Crippen molar-refractivity contribution in [3.05, 3.63) is 11.8 Å². The van der Waals surface area contributed by atoms with Gasteiger partial charge < -0.3 is 25.8 Å². The first kappa shape index (κ1) is 19.4. The van der Waals surface area contributed by atoms with Gasteiger partial charge in [-0.05, 0) is 13.0 Å². The maximum absolute atomic E-state index is 9.47. The lowest BCUT2D eigenvalue weighted by Gasteiger charge is -2.18. The lowest BCUT2D eigenvalue weighted by Crippen LogP contribution is -2.30. The number of nitrogens with two attached hydrogens (primary N) is 1. The first-order valence-electron chi connectivity index (χ1n) is 7.71. The molecule has 0 aromatic heterocycles. The molecule has 0 bridgehead atoms. The molecule has 0 aliphatic carbocycles. The SMILES string of the molecule is CCCCCCCCCCOC(O)(O)C=C(O)CCN. The lowest BCUT2D eigenvalue weighted by atomic mass is 10.1. The standard InChI is InChI=1S/C15H31NO4/c1-2-3-4-5-6-7-8-9-12-20-15(18,19)13-14(17)10-11-16/h13,17-19H,2-12,16H2,1H3. The van der Waals surface area contributed by atoms with Crippen LogP contribution in [0.25, 0.3) is 0 Å². The Kier molecular flexibility index (Phi) is 11.8. The van der Waals surface area contributed by atoms with Gasteiger partial charge in [0.1, 0.15) is 0 Å². The highest BCUT2D eigenvalue weighted by Gasteiger charge is 2.21. The van der Waals surface area contributed by atoms with E-state index in [9.17, 15) is 15.3 Å². The van der Waals surface area contributed by atoms with Crippen LogP contribution in [0.5, 0.6) is 0 Å². The third-order valence-corrected chi connectivity index (χ3v) is 3.07. The molecule has 0 aliphatic heterocycles. The van der Waals surface area contributed by atoms with Gasteiger partial charge in [0.05, 0.1) is 12.4 Å². The molecule has 0 aromatic carbocycles. The number of hydrogen-bond donors (Lipinski definition) is 4. The summed E-state index contributed by atoms with van der Waals surface area (Å²) in [5.74, 6) is -2.58. The Morgan fingerprint density at radius 3 is 2.15 bits per heavy atom. The van der Waals surface area contributed by atoms with Gasteiger partial charge in [-0.1, -0.05) is 51.9 Å². The molecule has 0 radical (unpaired) electrons. The lowest BCUT2D eigenvalue weighted by molar-refractivity contribution is -0.304. The molecule has 0 fully saturated rings. The molecule has 0 atom stereocenters. The highest BCUT2D eigenvalue weighted by atomic mass is 16.8. The van der Waals surface area contributed by atoms with Crippen molar-refractivity contribution in [3.8, 4) is 0 Å². The fraction of sp³-hybridized carbons (Fsp3) is 0.867. The summed E-state index contributed by atoms with van der Waals surface area (Å²) in [6.45, 7) is 2.71. The van der Waals surface area contributed by atoms with Crippen LogP contribution < -0.4 is 5.73 Å². The Morgan fingerprint density at radius 2 is 1.60 bits per heavy atom. The van der Waals surface area contributed by atoms with Crippen molar-refractivity contribution in [3.63, 3.8) is 0 Å². The smallest absolute Gasteiger partial charge is 0.303 e. The van der Waals surface area contributed by atoms with Crippen molar-refractivity contribution in [1.29, 1.82) is 0 Å². The van der Waals surface area contributed by atoms with E-state index in [0.717, 1.165) is 25.3 Å². The largest absolute Gasteiger partial charge is 0.512 e. The van der Waals surface area contributed by atoms with E-state index in [0.29, 0.717) is 0 Å². The molecule has 5 nitrogen and oxygen atoms in total. The summed E-state index contributed by atoms with van der Waals surface area (Å²) in [6.07, 6.45) is 10.4. The Morgan fingerprint density at radius 1 is 1.05 bits per heavy atom. The summed E-state index contributed by atoms with van der Waals surface area (Å²) < 4.78 is 4.93. The number of hydrogen-bond acceptors (Lipinski definition) is 5. The van der Waals surface area contributed by atoms with Crippen LogP contribution in [0.3, 0.4) is 0 Å². The molecule has 0 rings (SSSR count). The van der Waals surface area contributed by atoms with Crippen LogP contribution in [0.1, 0.15) is 64.7 Å². The van der Waals surface area contributed by atoms with E-state index < -0.39 is 5.97 Å². The van der Waals surface area contributed by atoms with Gasteiger partial charge in [-0.2, -0.15) is 0 Å². The second kappa shape index (κ2) is 12.1. The van der Waals surface area contributed by atoms with Crippen molar-refractivity contribution < 1.29 is 20.1 Å².